The maximum absolute atomic E-state index is 14.1. The highest BCUT2D eigenvalue weighted by atomic mass is 32.2. The molecule has 1 aromatic carbocycles. The van der Waals surface area contributed by atoms with E-state index in [2.05, 4.69) is 4.99 Å². The summed E-state index contributed by atoms with van der Waals surface area (Å²) in [5.41, 5.74) is 10.3. The first kappa shape index (κ1) is 14.9. The van der Waals surface area contributed by atoms with Crippen molar-refractivity contribution in [3.8, 4) is 0 Å². The van der Waals surface area contributed by atoms with Crippen LogP contribution < -0.4 is 11.5 Å². The van der Waals surface area contributed by atoms with E-state index in [0.29, 0.717) is 16.2 Å². The molecule has 20 heavy (non-hydrogen) atoms. The van der Waals surface area contributed by atoms with Crippen LogP contribution in [0.2, 0.25) is 0 Å². The fraction of sp³-hybridized carbons (Fsp3) is 0.357. The van der Waals surface area contributed by atoms with Gasteiger partial charge in [-0.3, -0.25) is 0 Å². The number of aliphatic imine (C=N–C) groups is 1. The SMILES string of the molecule is CC(C)(O)C1=C[C@@](C)(c2cc(N)ccc2F)N=C(N)S1. The van der Waals surface area contributed by atoms with Gasteiger partial charge in [-0.05, 0) is 45.0 Å². The lowest BCUT2D eigenvalue weighted by molar-refractivity contribution is 0.128. The van der Waals surface area contributed by atoms with E-state index in [9.17, 15) is 9.50 Å². The molecule has 6 heteroatoms. The molecule has 1 atom stereocenters. The Morgan fingerprint density at radius 2 is 2.00 bits per heavy atom. The van der Waals surface area contributed by atoms with Gasteiger partial charge in [-0.15, -0.1) is 0 Å². The van der Waals surface area contributed by atoms with Crippen molar-refractivity contribution in [2.75, 3.05) is 5.73 Å². The van der Waals surface area contributed by atoms with Gasteiger partial charge in [-0.1, -0.05) is 11.8 Å². The number of nitrogen functional groups attached to an aromatic ring is 1. The second-order valence-electron chi connectivity index (χ2n) is 5.51. The van der Waals surface area contributed by atoms with E-state index < -0.39 is 17.0 Å². The molecule has 1 aliphatic heterocycles. The zero-order valence-corrected chi connectivity index (χ0v) is 12.5. The molecule has 0 radical (unpaired) electrons. The number of aliphatic hydroxyl groups is 1. The lowest BCUT2D eigenvalue weighted by Crippen LogP contribution is -2.32. The molecule has 0 saturated heterocycles. The molecule has 0 fully saturated rings. The molecule has 0 spiro atoms. The van der Waals surface area contributed by atoms with Gasteiger partial charge in [0.05, 0.1) is 5.60 Å². The highest BCUT2D eigenvalue weighted by Gasteiger charge is 2.35. The molecule has 108 valence electrons. The van der Waals surface area contributed by atoms with Gasteiger partial charge in [0.15, 0.2) is 5.17 Å². The smallest absolute Gasteiger partial charge is 0.159 e. The number of amidine groups is 1. The van der Waals surface area contributed by atoms with Crippen molar-refractivity contribution in [1.82, 2.24) is 0 Å². The summed E-state index contributed by atoms with van der Waals surface area (Å²) in [5, 5.41) is 10.4. The summed E-state index contributed by atoms with van der Waals surface area (Å²) in [6.07, 6.45) is 1.73. The molecule has 0 aliphatic carbocycles. The van der Waals surface area contributed by atoms with Gasteiger partial charge in [0.1, 0.15) is 11.4 Å². The number of thioether (sulfide) groups is 1. The topological polar surface area (TPSA) is 84.6 Å². The fourth-order valence-electron chi connectivity index (χ4n) is 2.05. The minimum absolute atomic E-state index is 0.286. The van der Waals surface area contributed by atoms with Crippen LogP contribution in [0.5, 0.6) is 0 Å². The van der Waals surface area contributed by atoms with Gasteiger partial charge in [0.2, 0.25) is 0 Å². The zero-order valence-electron chi connectivity index (χ0n) is 11.6. The summed E-state index contributed by atoms with van der Waals surface area (Å²) in [6.45, 7) is 5.05. The van der Waals surface area contributed by atoms with Gasteiger partial charge >= 0.3 is 0 Å². The largest absolute Gasteiger partial charge is 0.399 e. The molecular weight excluding hydrogens is 277 g/mol. The lowest BCUT2D eigenvalue weighted by Gasteiger charge is -2.32. The number of benzene rings is 1. The maximum Gasteiger partial charge on any atom is 0.159 e. The van der Waals surface area contributed by atoms with Crippen molar-refractivity contribution in [3.63, 3.8) is 0 Å². The van der Waals surface area contributed by atoms with E-state index in [-0.39, 0.29) is 5.17 Å². The monoisotopic (exact) mass is 295 g/mol. The first-order chi connectivity index (χ1) is 9.12. The van der Waals surface area contributed by atoms with E-state index in [1.807, 2.05) is 0 Å². The number of halogens is 1. The van der Waals surface area contributed by atoms with Gasteiger partial charge in [0, 0.05) is 16.2 Å². The molecular formula is C14H18FN3OS. The number of nitrogens with two attached hydrogens (primary N) is 2. The highest BCUT2D eigenvalue weighted by Crippen LogP contribution is 2.41. The normalized spacial score (nSPS) is 23.2. The zero-order chi connectivity index (χ0) is 15.1. The maximum atomic E-state index is 14.1. The Labute approximate surface area is 121 Å². The third-order valence-corrected chi connectivity index (χ3v) is 4.25. The average Bonchev–Trinajstić information content (AvgIpc) is 2.30. The molecule has 0 amide bonds. The third kappa shape index (κ3) is 2.81. The van der Waals surface area contributed by atoms with Crippen LogP contribution in [0.4, 0.5) is 10.1 Å². The molecule has 1 aromatic rings. The van der Waals surface area contributed by atoms with Crippen molar-refractivity contribution in [3.05, 3.63) is 40.6 Å². The summed E-state index contributed by atoms with van der Waals surface area (Å²) in [5.74, 6) is -0.406. The van der Waals surface area contributed by atoms with Crippen molar-refractivity contribution < 1.29 is 9.50 Å². The van der Waals surface area contributed by atoms with Crippen LogP contribution in [0, 0.1) is 5.82 Å². The van der Waals surface area contributed by atoms with Crippen LogP contribution >= 0.6 is 11.8 Å². The van der Waals surface area contributed by atoms with Crippen LogP contribution in [-0.2, 0) is 5.54 Å². The minimum atomic E-state index is -1.07. The molecule has 0 bridgehead atoms. The predicted octanol–water partition coefficient (Wildman–Crippen LogP) is 2.34. The number of hydrogen-bond acceptors (Lipinski definition) is 5. The standard InChI is InChI=1S/C14H18FN3OS/c1-13(2,19)11-7-14(3,18-12(17)20-11)9-6-8(16)4-5-10(9)15/h4-7,19H,16H2,1-3H3,(H2,17,18)/t14-/m0/s1. The average molecular weight is 295 g/mol. The van der Waals surface area contributed by atoms with Crippen LogP contribution in [0.15, 0.2) is 34.2 Å². The second kappa shape index (κ2) is 4.79. The van der Waals surface area contributed by atoms with E-state index in [0.717, 1.165) is 0 Å². The number of rotatable bonds is 2. The number of nitrogens with zero attached hydrogens (tertiary/aromatic N) is 1. The third-order valence-electron chi connectivity index (χ3n) is 3.11. The first-order valence-corrected chi connectivity index (χ1v) is 6.98. The van der Waals surface area contributed by atoms with E-state index in [1.54, 1.807) is 32.9 Å². The molecule has 1 heterocycles. The van der Waals surface area contributed by atoms with Crippen LogP contribution in [0.25, 0.3) is 0 Å². The van der Waals surface area contributed by atoms with Crippen molar-refractivity contribution >= 4 is 22.6 Å². The Morgan fingerprint density at radius 3 is 2.60 bits per heavy atom. The Kier molecular flexibility index (Phi) is 3.56. The van der Waals surface area contributed by atoms with Gasteiger partial charge in [0.25, 0.3) is 0 Å². The first-order valence-electron chi connectivity index (χ1n) is 6.16. The number of hydrogen-bond donors (Lipinski definition) is 3. The van der Waals surface area contributed by atoms with Crippen LogP contribution in [-0.4, -0.2) is 15.9 Å². The van der Waals surface area contributed by atoms with E-state index in [4.69, 9.17) is 11.5 Å². The van der Waals surface area contributed by atoms with Gasteiger partial charge in [-0.25, -0.2) is 9.38 Å². The van der Waals surface area contributed by atoms with E-state index >= 15 is 0 Å². The second-order valence-corrected chi connectivity index (χ2v) is 6.57. The van der Waals surface area contributed by atoms with Crippen molar-refractivity contribution in [1.29, 1.82) is 0 Å². The van der Waals surface area contributed by atoms with E-state index in [1.165, 1.54) is 23.9 Å². The van der Waals surface area contributed by atoms with Gasteiger partial charge in [-0.2, -0.15) is 0 Å². The van der Waals surface area contributed by atoms with Crippen molar-refractivity contribution in [2.45, 2.75) is 31.9 Å². The predicted molar refractivity (Wildman–Crippen MR) is 81.8 cm³/mol. The Hall–Kier alpha value is -1.53. The Bertz CT molecular complexity index is 607. The highest BCUT2D eigenvalue weighted by molar-refractivity contribution is 8.17. The van der Waals surface area contributed by atoms with Gasteiger partial charge < -0.3 is 16.6 Å². The summed E-state index contributed by atoms with van der Waals surface area (Å²) < 4.78 is 14.1. The molecule has 0 unspecified atom stereocenters. The summed E-state index contributed by atoms with van der Waals surface area (Å²) >= 11 is 1.19. The fourth-order valence-corrected chi connectivity index (χ4v) is 3.05. The molecule has 2 rings (SSSR count). The quantitative estimate of drug-likeness (QED) is 0.731. The van der Waals surface area contributed by atoms with Crippen molar-refractivity contribution in [2.24, 2.45) is 10.7 Å². The summed E-state index contributed by atoms with van der Waals surface area (Å²) in [6, 6.07) is 4.34. The lowest BCUT2D eigenvalue weighted by atomic mass is 9.89. The van der Waals surface area contributed by atoms with Crippen LogP contribution in [0.3, 0.4) is 0 Å². The summed E-state index contributed by atoms with van der Waals surface area (Å²) in [7, 11) is 0. The molecule has 0 saturated carbocycles. The molecule has 1 aliphatic rings. The minimum Gasteiger partial charge on any atom is -0.399 e. The summed E-state index contributed by atoms with van der Waals surface area (Å²) in [4.78, 5) is 4.96. The number of anilines is 1. The molecule has 5 N–H and O–H groups in total. The van der Waals surface area contributed by atoms with Crippen LogP contribution in [0.1, 0.15) is 26.3 Å². The Balaban J connectivity index is 2.60. The molecule has 0 aromatic heterocycles. The molecule has 4 nitrogen and oxygen atoms in total. The Morgan fingerprint density at radius 1 is 1.35 bits per heavy atom.